The number of hydrogen-bond donors (Lipinski definition) is 0. The quantitative estimate of drug-likeness (QED) is 0.210. The van der Waals surface area contributed by atoms with Crippen molar-refractivity contribution in [1.29, 1.82) is 0 Å². The summed E-state index contributed by atoms with van der Waals surface area (Å²) in [6, 6.07) is 10.3. The third-order valence-corrected chi connectivity index (χ3v) is 8.08. The molecule has 6 nitrogen and oxygen atoms in total. The van der Waals surface area contributed by atoms with Gasteiger partial charge in [0.2, 0.25) is 11.8 Å². The van der Waals surface area contributed by atoms with Crippen LogP contribution in [-0.2, 0) is 0 Å². The minimum atomic E-state index is -2.63. The number of methoxy groups -OCH3 is 1. The molecule has 0 saturated heterocycles. The van der Waals surface area contributed by atoms with Crippen molar-refractivity contribution in [3.05, 3.63) is 76.9 Å². The third kappa shape index (κ3) is 11.6. The van der Waals surface area contributed by atoms with E-state index in [4.69, 9.17) is 9.47 Å². The lowest BCUT2D eigenvalue weighted by molar-refractivity contribution is 0.0633. The van der Waals surface area contributed by atoms with Crippen LogP contribution in [0.2, 0.25) is 0 Å². The molecule has 1 aromatic carbocycles. The largest absolute Gasteiger partial charge is 0.480 e. The summed E-state index contributed by atoms with van der Waals surface area (Å²) < 4.78 is 35.8. The molecule has 2 aromatic heterocycles. The molecule has 4 rings (SSSR count). The minimum absolute atomic E-state index is 0.123. The Balaban J connectivity index is 0.000000457. The number of allylic oxidation sites excluding steroid dienone is 4. The first-order chi connectivity index (χ1) is 21.3. The Bertz CT molecular complexity index is 1410. The molecule has 1 saturated carbocycles. The number of aromatic nitrogens is 4. The number of benzene rings is 1. The Morgan fingerprint density at radius 3 is 2.09 bits per heavy atom. The van der Waals surface area contributed by atoms with Crippen LogP contribution in [0.4, 0.5) is 8.78 Å². The Morgan fingerprint density at radius 1 is 1.00 bits per heavy atom. The van der Waals surface area contributed by atoms with Crippen molar-refractivity contribution in [2.24, 2.45) is 5.92 Å². The zero-order valence-corrected chi connectivity index (χ0v) is 29.0. The van der Waals surface area contributed by atoms with Gasteiger partial charge in [-0.1, -0.05) is 70.0 Å². The summed E-state index contributed by atoms with van der Waals surface area (Å²) in [6.45, 7) is 19.1. The maximum Gasteiger partial charge on any atom is 0.266 e. The van der Waals surface area contributed by atoms with E-state index >= 15 is 0 Å². The molecule has 1 unspecified atom stereocenters. The van der Waals surface area contributed by atoms with Crippen LogP contribution >= 0.6 is 0 Å². The van der Waals surface area contributed by atoms with Crippen LogP contribution in [0, 0.1) is 5.92 Å². The summed E-state index contributed by atoms with van der Waals surface area (Å²) in [5, 5.41) is 0. The van der Waals surface area contributed by atoms with Gasteiger partial charge in [-0.2, -0.15) is 4.98 Å². The lowest BCUT2D eigenvalue weighted by atomic mass is 9.99. The first-order valence-electron chi connectivity index (χ1n) is 15.9. The molecule has 1 atom stereocenters. The number of alkyl halides is 2. The summed E-state index contributed by atoms with van der Waals surface area (Å²) >= 11 is 0. The van der Waals surface area contributed by atoms with Crippen molar-refractivity contribution in [2.75, 3.05) is 7.11 Å². The van der Waals surface area contributed by atoms with Crippen molar-refractivity contribution in [1.82, 2.24) is 19.9 Å². The van der Waals surface area contributed by atoms with Crippen LogP contribution in [0.25, 0.3) is 17.0 Å². The summed E-state index contributed by atoms with van der Waals surface area (Å²) in [6.07, 6.45) is 9.11. The van der Waals surface area contributed by atoms with Crippen molar-refractivity contribution in [3.63, 3.8) is 0 Å². The fourth-order valence-corrected chi connectivity index (χ4v) is 3.96. The summed E-state index contributed by atoms with van der Waals surface area (Å²) in [5.41, 5.74) is 6.90. The molecule has 45 heavy (non-hydrogen) atoms. The van der Waals surface area contributed by atoms with Gasteiger partial charge in [-0.05, 0) is 82.1 Å². The molecule has 2 heterocycles. The zero-order chi connectivity index (χ0) is 33.7. The van der Waals surface area contributed by atoms with E-state index < -0.39 is 5.92 Å². The molecule has 8 heteroatoms. The highest BCUT2D eigenvalue weighted by Gasteiger charge is 2.31. The lowest BCUT2D eigenvalue weighted by Gasteiger charge is -2.16. The highest BCUT2D eigenvalue weighted by molar-refractivity contribution is 5.67. The second-order valence-corrected chi connectivity index (χ2v) is 11.9. The minimum Gasteiger partial charge on any atom is -0.480 e. The van der Waals surface area contributed by atoms with Crippen LogP contribution in [0.5, 0.6) is 11.8 Å². The molecule has 0 N–H and O–H groups in total. The van der Waals surface area contributed by atoms with E-state index in [1.54, 1.807) is 32.6 Å². The maximum atomic E-state index is 12.0. The molecule has 1 aliphatic carbocycles. The van der Waals surface area contributed by atoms with Gasteiger partial charge < -0.3 is 9.47 Å². The van der Waals surface area contributed by atoms with Crippen molar-refractivity contribution in [2.45, 2.75) is 113 Å². The van der Waals surface area contributed by atoms with E-state index in [0.717, 1.165) is 48.9 Å². The van der Waals surface area contributed by atoms with Gasteiger partial charge in [-0.25, -0.2) is 23.7 Å². The highest BCUT2D eigenvalue weighted by atomic mass is 19.3. The molecule has 0 spiro atoms. The van der Waals surface area contributed by atoms with Crippen LogP contribution < -0.4 is 9.47 Å². The molecular weight excluding hydrogens is 570 g/mol. The number of rotatable bonds is 10. The normalized spacial score (nSPS) is 14.4. The molecule has 0 amide bonds. The number of nitrogens with zero attached hydrogens (tertiary/aromatic N) is 4. The van der Waals surface area contributed by atoms with Gasteiger partial charge in [0.05, 0.1) is 12.8 Å². The van der Waals surface area contributed by atoms with Crippen LogP contribution in [0.1, 0.15) is 124 Å². The average Bonchev–Trinajstić information content (AvgIpc) is 3.89. The Labute approximate surface area is 269 Å². The van der Waals surface area contributed by atoms with Gasteiger partial charge in [0, 0.05) is 25.1 Å². The standard InChI is InChI=1S/C26H30N4O2.C6H10F2.C5H12/c1-6-16(2)17(3)19-7-9-20(10-8-19)18(4)32-22-13-14-27-25(30-22)23-24(21-11-12-21)28-15-29-26(23)31-5;1-4-5(2)6(3,7)8;1-4-5(2)3/h7-10,13-15,18,21H,6,11-12H2,1-5H3;4H,1-3H3;5H,4H2,1-3H3/b;5-4+;. The second-order valence-electron chi connectivity index (χ2n) is 11.9. The predicted octanol–water partition coefficient (Wildman–Crippen LogP) is 10.8. The summed E-state index contributed by atoms with van der Waals surface area (Å²) in [7, 11) is 1.60. The molecule has 1 aliphatic rings. The van der Waals surface area contributed by atoms with E-state index in [9.17, 15) is 8.78 Å². The highest BCUT2D eigenvalue weighted by Crippen LogP contribution is 2.45. The smallest absolute Gasteiger partial charge is 0.266 e. The predicted molar refractivity (Wildman–Crippen MR) is 181 cm³/mol. The van der Waals surface area contributed by atoms with Crippen molar-refractivity contribution < 1.29 is 18.3 Å². The first kappa shape index (κ1) is 37.5. The monoisotopic (exact) mass is 622 g/mol. The van der Waals surface area contributed by atoms with E-state index in [0.29, 0.717) is 23.5 Å². The number of ether oxygens (including phenoxy) is 2. The molecule has 3 aromatic rings. The third-order valence-electron chi connectivity index (χ3n) is 8.08. The van der Waals surface area contributed by atoms with Gasteiger partial charge in [0.1, 0.15) is 18.0 Å². The Kier molecular flexibility index (Phi) is 14.8. The first-order valence-corrected chi connectivity index (χ1v) is 15.9. The Morgan fingerprint density at radius 2 is 1.62 bits per heavy atom. The summed E-state index contributed by atoms with van der Waals surface area (Å²) in [4.78, 5) is 17.9. The van der Waals surface area contributed by atoms with Gasteiger partial charge in [0.15, 0.2) is 5.82 Å². The van der Waals surface area contributed by atoms with E-state index in [-0.39, 0.29) is 11.7 Å². The molecule has 0 radical (unpaired) electrons. The van der Waals surface area contributed by atoms with E-state index in [1.165, 1.54) is 36.1 Å². The molecule has 1 fully saturated rings. The topological polar surface area (TPSA) is 70.0 Å². The lowest BCUT2D eigenvalue weighted by Crippen LogP contribution is -2.10. The maximum absolute atomic E-state index is 12.0. The molecule has 0 bridgehead atoms. The number of hydrogen-bond acceptors (Lipinski definition) is 6. The molecular formula is C37H52F2N4O2. The van der Waals surface area contributed by atoms with Crippen LogP contribution in [-0.4, -0.2) is 33.0 Å². The van der Waals surface area contributed by atoms with E-state index in [1.807, 2.05) is 6.92 Å². The van der Waals surface area contributed by atoms with Gasteiger partial charge in [0.25, 0.3) is 5.92 Å². The SMILES string of the molecule is C/C=C(\C)C(C)(F)F.CCC(C)=C(C)c1ccc(C(C)Oc2ccnc(-c3c(OC)ncnc3C3CC3)n2)cc1.CCC(C)C. The second kappa shape index (κ2) is 17.7. The van der Waals surface area contributed by atoms with Gasteiger partial charge in [-0.3, -0.25) is 0 Å². The molecule has 246 valence electrons. The molecule has 0 aliphatic heterocycles. The van der Waals surface area contributed by atoms with Gasteiger partial charge in [-0.15, -0.1) is 0 Å². The van der Waals surface area contributed by atoms with Crippen molar-refractivity contribution >= 4 is 5.57 Å². The average molecular weight is 623 g/mol. The van der Waals surface area contributed by atoms with Crippen molar-refractivity contribution in [3.8, 4) is 23.1 Å². The fraction of sp³-hybridized carbons (Fsp3) is 0.514. The zero-order valence-electron chi connectivity index (χ0n) is 29.0. The van der Waals surface area contributed by atoms with E-state index in [2.05, 4.69) is 85.7 Å². The van der Waals surface area contributed by atoms with Crippen LogP contribution in [0.15, 0.2) is 60.1 Å². The summed E-state index contributed by atoms with van der Waals surface area (Å²) in [5.74, 6) is 0.205. The fourth-order valence-electron chi connectivity index (χ4n) is 3.96. The van der Waals surface area contributed by atoms with Gasteiger partial charge >= 0.3 is 0 Å². The Hall–Kier alpha value is -3.68. The number of halogens is 2. The van der Waals surface area contributed by atoms with Crippen LogP contribution in [0.3, 0.4) is 0 Å².